The van der Waals surface area contributed by atoms with Crippen molar-refractivity contribution in [3.8, 4) is 0 Å². The van der Waals surface area contributed by atoms with Gasteiger partial charge in [0.2, 0.25) is 0 Å². The molecule has 0 saturated carbocycles. The van der Waals surface area contributed by atoms with E-state index in [2.05, 4.69) is 21.1 Å². The third-order valence-electron chi connectivity index (χ3n) is 5.78. The molecular weight excluding hydrogens is 276 g/mol. The van der Waals surface area contributed by atoms with E-state index in [9.17, 15) is 0 Å². The molecule has 4 heterocycles. The van der Waals surface area contributed by atoms with Crippen LogP contribution in [0.3, 0.4) is 0 Å². The number of ether oxygens (including phenoxy) is 1. The Hall–Kier alpha value is -0.910. The number of nitrogens with zero attached hydrogens (tertiary/aromatic N) is 4. The Labute approximate surface area is 133 Å². The molecule has 4 rings (SSSR count). The first kappa shape index (κ1) is 14.7. The van der Waals surface area contributed by atoms with E-state index >= 15 is 0 Å². The molecule has 0 aromatic carbocycles. The van der Waals surface area contributed by atoms with Gasteiger partial charge in [0.1, 0.15) is 0 Å². The van der Waals surface area contributed by atoms with E-state index in [1.54, 1.807) is 0 Å². The van der Waals surface area contributed by atoms with E-state index < -0.39 is 0 Å². The molecule has 0 amide bonds. The summed E-state index contributed by atoms with van der Waals surface area (Å²) in [7, 11) is 2.00. The first-order valence-corrected chi connectivity index (χ1v) is 8.83. The summed E-state index contributed by atoms with van der Waals surface area (Å²) in [5, 5.41) is 4.30. The first-order chi connectivity index (χ1) is 10.8. The van der Waals surface area contributed by atoms with E-state index in [0.29, 0.717) is 0 Å². The second kappa shape index (κ2) is 6.30. The Bertz CT molecular complexity index is 497. The zero-order chi connectivity index (χ0) is 14.9. The van der Waals surface area contributed by atoms with Gasteiger partial charge < -0.3 is 4.74 Å². The third-order valence-corrected chi connectivity index (χ3v) is 5.78. The van der Waals surface area contributed by atoms with Gasteiger partial charge in [-0.3, -0.25) is 14.5 Å². The molecule has 5 nitrogen and oxygen atoms in total. The van der Waals surface area contributed by atoms with Crippen LogP contribution >= 0.6 is 0 Å². The van der Waals surface area contributed by atoms with Crippen LogP contribution in [0.2, 0.25) is 0 Å². The lowest BCUT2D eigenvalue weighted by Gasteiger charge is -2.30. The number of aryl methyl sites for hydroxylation is 1. The molecule has 3 saturated heterocycles. The number of hydrogen-bond acceptors (Lipinski definition) is 4. The lowest BCUT2D eigenvalue weighted by molar-refractivity contribution is 0.0504. The maximum Gasteiger partial charge on any atom is 0.0534 e. The minimum absolute atomic E-state index is 0.764. The molecule has 0 bridgehead atoms. The van der Waals surface area contributed by atoms with Gasteiger partial charge in [-0.05, 0) is 31.6 Å². The van der Waals surface area contributed by atoms with E-state index in [4.69, 9.17) is 4.74 Å². The molecule has 22 heavy (non-hydrogen) atoms. The lowest BCUT2D eigenvalue weighted by atomic mass is 9.99. The lowest BCUT2D eigenvalue weighted by Crippen LogP contribution is -2.39. The van der Waals surface area contributed by atoms with Crippen LogP contribution in [-0.2, 0) is 18.3 Å². The van der Waals surface area contributed by atoms with E-state index in [1.165, 1.54) is 50.9 Å². The fraction of sp³-hybridized carbons (Fsp3) is 0.824. The van der Waals surface area contributed by atoms with Gasteiger partial charge in [0.05, 0.1) is 6.20 Å². The summed E-state index contributed by atoms with van der Waals surface area (Å²) in [6.07, 6.45) is 9.37. The Morgan fingerprint density at radius 1 is 1.09 bits per heavy atom. The van der Waals surface area contributed by atoms with Crippen molar-refractivity contribution in [2.75, 3.05) is 32.8 Å². The predicted molar refractivity (Wildman–Crippen MR) is 85.5 cm³/mol. The summed E-state index contributed by atoms with van der Waals surface area (Å²) in [5.74, 6) is 0.861. The molecule has 122 valence electrons. The molecule has 0 radical (unpaired) electrons. The smallest absolute Gasteiger partial charge is 0.0534 e. The van der Waals surface area contributed by atoms with Crippen LogP contribution in [0.1, 0.15) is 31.2 Å². The van der Waals surface area contributed by atoms with Crippen molar-refractivity contribution < 1.29 is 4.74 Å². The van der Waals surface area contributed by atoms with Crippen molar-refractivity contribution >= 4 is 0 Å². The van der Waals surface area contributed by atoms with Crippen LogP contribution in [0.15, 0.2) is 12.4 Å². The largest absolute Gasteiger partial charge is 0.381 e. The summed E-state index contributed by atoms with van der Waals surface area (Å²) in [6.45, 7) is 6.84. The average Bonchev–Trinajstić information content (AvgIpc) is 3.21. The first-order valence-electron chi connectivity index (χ1n) is 8.83. The summed E-state index contributed by atoms with van der Waals surface area (Å²) in [5.41, 5.74) is 1.35. The highest BCUT2D eigenvalue weighted by Gasteiger charge is 2.42. The number of aromatic nitrogens is 2. The molecule has 3 fully saturated rings. The standard InChI is InChI=1S/C17H28N4O/c1-19-11-15(10-18-19)13-21-7-3-16-17(21)2-6-20(16)12-14-4-8-22-9-5-14/h10-11,14,16-17H,2-9,12-13H2,1H3. The number of hydrogen-bond donors (Lipinski definition) is 0. The van der Waals surface area contributed by atoms with Gasteiger partial charge in [0, 0.05) is 70.3 Å². The predicted octanol–water partition coefficient (Wildman–Crippen LogP) is 1.50. The van der Waals surface area contributed by atoms with Gasteiger partial charge in [-0.1, -0.05) is 0 Å². The summed E-state index contributed by atoms with van der Waals surface area (Å²) in [4.78, 5) is 5.47. The SMILES string of the molecule is Cn1cc(CN2CCC3C2CCN3CC2CCOCC2)cn1. The van der Waals surface area contributed by atoms with Crippen molar-refractivity contribution in [1.29, 1.82) is 0 Å². The van der Waals surface area contributed by atoms with Crippen LogP contribution in [0.4, 0.5) is 0 Å². The van der Waals surface area contributed by atoms with Crippen molar-refractivity contribution in [2.24, 2.45) is 13.0 Å². The second-order valence-corrected chi connectivity index (χ2v) is 7.26. The second-order valence-electron chi connectivity index (χ2n) is 7.26. The van der Waals surface area contributed by atoms with Gasteiger partial charge >= 0.3 is 0 Å². The molecule has 0 N–H and O–H groups in total. The normalized spacial score (nSPS) is 31.0. The summed E-state index contributed by atoms with van der Waals surface area (Å²) >= 11 is 0. The zero-order valence-electron chi connectivity index (χ0n) is 13.7. The molecule has 3 aliphatic heterocycles. The Morgan fingerprint density at radius 3 is 2.55 bits per heavy atom. The minimum Gasteiger partial charge on any atom is -0.381 e. The fourth-order valence-corrected chi connectivity index (χ4v) is 4.64. The van der Waals surface area contributed by atoms with Gasteiger partial charge in [0.25, 0.3) is 0 Å². The Morgan fingerprint density at radius 2 is 1.82 bits per heavy atom. The van der Waals surface area contributed by atoms with Crippen LogP contribution < -0.4 is 0 Å². The molecular formula is C17H28N4O. The highest BCUT2D eigenvalue weighted by atomic mass is 16.5. The van der Waals surface area contributed by atoms with E-state index in [0.717, 1.165) is 37.8 Å². The van der Waals surface area contributed by atoms with Gasteiger partial charge in [-0.25, -0.2) is 0 Å². The summed E-state index contributed by atoms with van der Waals surface area (Å²) in [6, 6.07) is 1.56. The van der Waals surface area contributed by atoms with Crippen molar-refractivity contribution in [1.82, 2.24) is 19.6 Å². The van der Waals surface area contributed by atoms with E-state index in [-0.39, 0.29) is 0 Å². The van der Waals surface area contributed by atoms with Crippen LogP contribution in [0, 0.1) is 5.92 Å². The van der Waals surface area contributed by atoms with Gasteiger partial charge in [0.15, 0.2) is 0 Å². The molecule has 0 aliphatic carbocycles. The zero-order valence-corrected chi connectivity index (χ0v) is 13.7. The quantitative estimate of drug-likeness (QED) is 0.844. The molecule has 2 unspecified atom stereocenters. The Kier molecular flexibility index (Phi) is 4.20. The van der Waals surface area contributed by atoms with Crippen molar-refractivity contribution in [3.05, 3.63) is 18.0 Å². The number of rotatable bonds is 4. The van der Waals surface area contributed by atoms with Crippen LogP contribution in [0.5, 0.6) is 0 Å². The van der Waals surface area contributed by atoms with Crippen LogP contribution in [0.25, 0.3) is 0 Å². The van der Waals surface area contributed by atoms with Gasteiger partial charge in [-0.2, -0.15) is 5.10 Å². The third kappa shape index (κ3) is 2.94. The van der Waals surface area contributed by atoms with Crippen molar-refractivity contribution in [3.63, 3.8) is 0 Å². The van der Waals surface area contributed by atoms with Crippen molar-refractivity contribution in [2.45, 2.75) is 44.3 Å². The van der Waals surface area contributed by atoms with Gasteiger partial charge in [-0.15, -0.1) is 0 Å². The molecule has 0 spiro atoms. The monoisotopic (exact) mass is 304 g/mol. The molecule has 2 atom stereocenters. The maximum atomic E-state index is 5.50. The van der Waals surface area contributed by atoms with Crippen LogP contribution in [-0.4, -0.2) is 64.5 Å². The highest BCUT2D eigenvalue weighted by Crippen LogP contribution is 2.33. The molecule has 1 aromatic heterocycles. The summed E-state index contributed by atoms with van der Waals surface area (Å²) < 4.78 is 7.41. The van der Waals surface area contributed by atoms with E-state index in [1.807, 2.05) is 17.9 Å². The number of fused-ring (bicyclic) bond motifs is 1. The Balaban J connectivity index is 1.34. The minimum atomic E-state index is 0.764. The average molecular weight is 304 g/mol. The number of likely N-dealkylation sites (tertiary alicyclic amines) is 2. The topological polar surface area (TPSA) is 33.5 Å². The molecule has 1 aromatic rings. The fourth-order valence-electron chi connectivity index (χ4n) is 4.64. The maximum absolute atomic E-state index is 5.50. The highest BCUT2D eigenvalue weighted by molar-refractivity contribution is 5.07. The molecule has 3 aliphatic rings. The molecule has 5 heteroatoms.